The van der Waals surface area contributed by atoms with Gasteiger partial charge in [0.2, 0.25) is 0 Å². The van der Waals surface area contributed by atoms with Crippen LogP contribution in [0.1, 0.15) is 34.1 Å². The Morgan fingerprint density at radius 2 is 0.362 bits per heavy atom. The second-order valence-corrected chi connectivity index (χ2v) is 16.0. The van der Waals surface area contributed by atoms with E-state index in [1.807, 2.05) is 0 Å². The maximum atomic E-state index is 2.44. The average Bonchev–Trinajstić information content (AvgIpc) is 3.27. The molecule has 0 aliphatic heterocycles. The first-order valence-corrected chi connectivity index (χ1v) is 20.4. The smallest absolute Gasteiger partial charge is 0.0211 e. The summed E-state index contributed by atoms with van der Waals surface area (Å²) in [6, 6.07) is 82.4. The molecule has 0 amide bonds. The Kier molecular flexibility index (Phi) is 7.46. The van der Waals surface area contributed by atoms with Gasteiger partial charge < -0.3 is 0 Å². The molecule has 0 saturated heterocycles. The third-order valence-corrected chi connectivity index (χ3v) is 12.8. The van der Waals surface area contributed by atoms with Crippen molar-refractivity contribution in [2.75, 3.05) is 0 Å². The fourth-order valence-corrected chi connectivity index (χ4v) is 10.1. The van der Waals surface area contributed by atoms with E-state index in [4.69, 9.17) is 0 Å². The molecule has 0 spiro atoms. The molecule has 0 N–H and O–H groups in total. The molecule has 0 atom stereocenters. The Morgan fingerprint density at radius 1 is 0.172 bits per heavy atom. The molecule has 0 aliphatic carbocycles. The van der Waals surface area contributed by atoms with E-state index in [-0.39, 0.29) is 11.8 Å². The first-order valence-electron chi connectivity index (χ1n) is 20.4. The molecule has 0 heteroatoms. The molecule has 270 valence electrons. The lowest BCUT2D eigenvalue weighted by atomic mass is 9.69. The van der Waals surface area contributed by atoms with Crippen molar-refractivity contribution >= 4 is 86.2 Å². The van der Waals surface area contributed by atoms with Crippen LogP contribution in [0.5, 0.6) is 0 Å². The quantitative estimate of drug-likeness (QED) is 0.154. The minimum Gasteiger partial charge on any atom is -0.0616 e. The average molecular weight is 735 g/mol. The normalized spacial score (nSPS) is 12.1. The van der Waals surface area contributed by atoms with Crippen LogP contribution in [0.4, 0.5) is 0 Å². The van der Waals surface area contributed by atoms with Crippen molar-refractivity contribution in [3.63, 3.8) is 0 Å². The monoisotopic (exact) mass is 734 g/mol. The van der Waals surface area contributed by atoms with Gasteiger partial charge in [0.25, 0.3) is 0 Å². The van der Waals surface area contributed by atoms with E-state index in [2.05, 4.69) is 218 Å². The van der Waals surface area contributed by atoms with Crippen LogP contribution < -0.4 is 0 Å². The number of fused-ring (bicyclic) bond motifs is 8. The minimum atomic E-state index is -0.0520. The van der Waals surface area contributed by atoms with Gasteiger partial charge in [0, 0.05) is 11.8 Å². The molecule has 0 aliphatic rings. The summed E-state index contributed by atoms with van der Waals surface area (Å²) < 4.78 is 0. The van der Waals surface area contributed by atoms with Gasteiger partial charge in [-0.1, -0.05) is 170 Å². The highest BCUT2D eigenvalue weighted by Crippen LogP contribution is 2.51. The van der Waals surface area contributed by atoms with Gasteiger partial charge in [0.05, 0.1) is 0 Å². The fraction of sp³-hybridized carbons (Fsp3) is 0.0345. The second kappa shape index (κ2) is 13.2. The maximum Gasteiger partial charge on any atom is 0.0211 e. The maximum absolute atomic E-state index is 2.44. The summed E-state index contributed by atoms with van der Waals surface area (Å²) in [4.78, 5) is 0. The summed E-state index contributed by atoms with van der Waals surface area (Å²) in [5, 5.41) is 20.3. The fourth-order valence-electron chi connectivity index (χ4n) is 10.1. The van der Waals surface area contributed by atoms with E-state index in [0.717, 1.165) is 0 Å². The lowest BCUT2D eigenvalue weighted by Gasteiger charge is -2.33. The summed E-state index contributed by atoms with van der Waals surface area (Å²) in [6.07, 6.45) is 0. The van der Waals surface area contributed by atoms with Gasteiger partial charge in [-0.25, -0.2) is 0 Å². The van der Waals surface area contributed by atoms with E-state index in [1.165, 1.54) is 108 Å². The van der Waals surface area contributed by atoms with Crippen molar-refractivity contribution in [1.29, 1.82) is 0 Å². The lowest BCUT2D eigenvalue weighted by Crippen LogP contribution is -2.16. The molecule has 58 heavy (non-hydrogen) atoms. The molecule has 0 fully saturated rings. The van der Waals surface area contributed by atoms with Gasteiger partial charge in [-0.05, 0) is 157 Å². The van der Waals surface area contributed by atoms with E-state index in [1.54, 1.807) is 0 Å². The second-order valence-electron chi connectivity index (χ2n) is 16.0. The first-order chi connectivity index (χ1) is 28.7. The molecule has 12 aromatic carbocycles. The number of benzene rings is 12. The van der Waals surface area contributed by atoms with E-state index in [0.29, 0.717) is 0 Å². The first kappa shape index (κ1) is 32.9. The summed E-state index contributed by atoms with van der Waals surface area (Å²) in [5.41, 5.74) is 5.35. The van der Waals surface area contributed by atoms with Crippen LogP contribution in [-0.2, 0) is 0 Å². The molecular formula is C58H38. The zero-order chi connectivity index (χ0) is 38.2. The van der Waals surface area contributed by atoms with Gasteiger partial charge in [0.1, 0.15) is 0 Å². The van der Waals surface area contributed by atoms with Crippen LogP contribution in [0.2, 0.25) is 0 Å². The Balaban J connectivity index is 1.26. The summed E-state index contributed by atoms with van der Waals surface area (Å²) in [6.45, 7) is 0. The highest BCUT2D eigenvalue weighted by atomic mass is 14.4. The van der Waals surface area contributed by atoms with Gasteiger partial charge in [-0.2, -0.15) is 0 Å². The van der Waals surface area contributed by atoms with Crippen LogP contribution in [0, 0.1) is 0 Å². The van der Waals surface area contributed by atoms with Gasteiger partial charge in [-0.3, -0.25) is 0 Å². The Hall–Kier alpha value is -7.28. The number of hydrogen-bond acceptors (Lipinski definition) is 0. The Labute approximate surface area is 337 Å². The predicted octanol–water partition coefficient (Wildman–Crippen LogP) is 15.9. The third-order valence-electron chi connectivity index (χ3n) is 12.8. The molecule has 0 aromatic heterocycles. The number of rotatable bonds is 5. The van der Waals surface area contributed by atoms with Crippen LogP contribution in [0.15, 0.2) is 218 Å². The topological polar surface area (TPSA) is 0 Å². The summed E-state index contributed by atoms with van der Waals surface area (Å²) in [5.74, 6) is -0.104. The SMILES string of the molecule is c1ccc2cc3c(C(c4cccc5cc6ccccc6cc45)C(c4cccc5cc6ccccc6cc45)c4cccc5cc6ccccc6cc45)cccc3cc2c1. The largest absolute Gasteiger partial charge is 0.0616 e. The highest BCUT2D eigenvalue weighted by molar-refractivity contribution is 6.05. The van der Waals surface area contributed by atoms with Crippen LogP contribution in [0.25, 0.3) is 86.2 Å². The molecule has 12 aromatic rings. The van der Waals surface area contributed by atoms with Gasteiger partial charge in [-0.15, -0.1) is 0 Å². The van der Waals surface area contributed by atoms with Gasteiger partial charge in [0.15, 0.2) is 0 Å². The minimum absolute atomic E-state index is 0.0520. The molecule has 0 saturated carbocycles. The molecule has 0 bridgehead atoms. The predicted molar refractivity (Wildman–Crippen MR) is 250 cm³/mol. The van der Waals surface area contributed by atoms with Crippen molar-refractivity contribution in [2.24, 2.45) is 0 Å². The third kappa shape index (κ3) is 5.30. The molecule has 0 heterocycles. The molecule has 12 rings (SSSR count). The Morgan fingerprint density at radius 3 is 0.586 bits per heavy atom. The van der Waals surface area contributed by atoms with Crippen molar-refractivity contribution in [3.8, 4) is 0 Å². The van der Waals surface area contributed by atoms with Crippen LogP contribution in [0.3, 0.4) is 0 Å². The number of hydrogen-bond donors (Lipinski definition) is 0. The van der Waals surface area contributed by atoms with Crippen molar-refractivity contribution < 1.29 is 0 Å². The summed E-state index contributed by atoms with van der Waals surface area (Å²) in [7, 11) is 0. The van der Waals surface area contributed by atoms with Crippen LogP contribution in [-0.4, -0.2) is 0 Å². The van der Waals surface area contributed by atoms with Gasteiger partial charge >= 0.3 is 0 Å². The Bertz CT molecular complexity index is 3110. The highest BCUT2D eigenvalue weighted by Gasteiger charge is 2.33. The summed E-state index contributed by atoms with van der Waals surface area (Å²) >= 11 is 0. The lowest BCUT2D eigenvalue weighted by molar-refractivity contribution is 0.713. The van der Waals surface area contributed by atoms with E-state index in [9.17, 15) is 0 Å². The molecule has 0 nitrogen and oxygen atoms in total. The standard InChI is InChI=1S/C58H38/c1-5-17-41-33-53-45(29-37(41)13-1)21-9-25-49(53)57(50-26-10-22-46-30-38-14-2-6-18-42(38)34-54(46)50)58(51-27-11-23-47-31-39-15-3-7-19-43(39)35-55(47)51)52-28-12-24-48-32-40-16-4-8-20-44(40)36-56(48)52/h1-36,57-58H. The van der Waals surface area contributed by atoms with E-state index < -0.39 is 0 Å². The van der Waals surface area contributed by atoms with Crippen molar-refractivity contribution in [1.82, 2.24) is 0 Å². The van der Waals surface area contributed by atoms with E-state index >= 15 is 0 Å². The van der Waals surface area contributed by atoms with Crippen LogP contribution >= 0.6 is 0 Å². The zero-order valence-corrected chi connectivity index (χ0v) is 31.9. The molecule has 0 unspecified atom stereocenters. The van der Waals surface area contributed by atoms with Crippen molar-refractivity contribution in [3.05, 3.63) is 241 Å². The molecule has 0 radical (unpaired) electrons. The van der Waals surface area contributed by atoms with Crippen molar-refractivity contribution in [2.45, 2.75) is 11.8 Å². The molecular weight excluding hydrogens is 697 g/mol. The zero-order valence-electron chi connectivity index (χ0n) is 31.9.